The largest absolute Gasteiger partial charge is 0.391 e. The van der Waals surface area contributed by atoms with Gasteiger partial charge in [-0.2, -0.15) is 0 Å². The van der Waals surface area contributed by atoms with Crippen molar-refractivity contribution in [2.45, 2.75) is 32.0 Å². The van der Waals surface area contributed by atoms with Crippen LogP contribution in [0, 0.1) is 18.8 Å². The van der Waals surface area contributed by atoms with Gasteiger partial charge in [-0.05, 0) is 25.3 Å². The number of β-amino-alcohol motifs (C(OH)–C–C–N with tert-alkyl or cyclic N) is 1. The maximum absolute atomic E-state index is 12.6. The molecular weight excluding hydrogens is 292 g/mol. The van der Waals surface area contributed by atoms with E-state index >= 15 is 0 Å². The summed E-state index contributed by atoms with van der Waals surface area (Å²) in [6.07, 6.45) is 1.21. The van der Waals surface area contributed by atoms with Crippen LogP contribution in [0.1, 0.15) is 30.1 Å². The predicted molar refractivity (Wildman–Crippen MR) is 88.0 cm³/mol. The van der Waals surface area contributed by atoms with Crippen molar-refractivity contribution >= 4 is 5.91 Å². The van der Waals surface area contributed by atoms with Gasteiger partial charge in [-0.3, -0.25) is 4.79 Å². The van der Waals surface area contributed by atoms with Crippen LogP contribution in [-0.4, -0.2) is 43.4 Å². The van der Waals surface area contributed by atoms with E-state index in [9.17, 15) is 9.90 Å². The number of aliphatic hydroxyl groups is 1. The van der Waals surface area contributed by atoms with Gasteiger partial charge in [0.15, 0.2) is 0 Å². The summed E-state index contributed by atoms with van der Waals surface area (Å²) < 4.78 is 5.91. The summed E-state index contributed by atoms with van der Waals surface area (Å²) in [4.78, 5) is 12.6. The number of carbonyl (C=O) groups excluding carboxylic acids is 1. The molecule has 2 aliphatic heterocycles. The molecule has 3 rings (SSSR count). The molecule has 0 saturated carbocycles. The van der Waals surface area contributed by atoms with Crippen LogP contribution in [0.3, 0.4) is 0 Å². The van der Waals surface area contributed by atoms with Crippen molar-refractivity contribution in [3.05, 3.63) is 35.4 Å². The molecule has 0 spiro atoms. The standard InChI is InChI=1S/C18H26N2O3/c1-12-4-6-13(7-5-12)17-15(3-2-8-23-17)18(22)20-10-14-9-19-11-16(14)21/h4-7,14-17,19,21H,2-3,8-11H2,1H3,(H,20,22). The number of benzene rings is 1. The zero-order chi connectivity index (χ0) is 16.2. The third kappa shape index (κ3) is 3.91. The first-order valence-corrected chi connectivity index (χ1v) is 8.50. The average molecular weight is 318 g/mol. The second-order valence-electron chi connectivity index (χ2n) is 6.68. The predicted octanol–water partition coefficient (Wildman–Crippen LogP) is 1.16. The Morgan fingerprint density at radius 1 is 1.35 bits per heavy atom. The average Bonchev–Trinajstić information content (AvgIpc) is 2.98. The van der Waals surface area contributed by atoms with Crippen LogP contribution in [-0.2, 0) is 9.53 Å². The Hall–Kier alpha value is -1.43. The fourth-order valence-electron chi connectivity index (χ4n) is 3.42. The number of hydrogen-bond acceptors (Lipinski definition) is 4. The molecule has 4 unspecified atom stereocenters. The quantitative estimate of drug-likeness (QED) is 0.779. The third-order valence-corrected chi connectivity index (χ3v) is 4.91. The SMILES string of the molecule is Cc1ccc(C2OCCCC2C(=O)NCC2CNCC2O)cc1. The van der Waals surface area contributed by atoms with E-state index in [-0.39, 0.29) is 30.0 Å². The van der Waals surface area contributed by atoms with Crippen molar-refractivity contribution in [1.82, 2.24) is 10.6 Å². The highest BCUT2D eigenvalue weighted by atomic mass is 16.5. The van der Waals surface area contributed by atoms with E-state index in [0.29, 0.717) is 19.7 Å². The molecule has 0 aromatic heterocycles. The Morgan fingerprint density at radius 2 is 2.13 bits per heavy atom. The van der Waals surface area contributed by atoms with E-state index in [4.69, 9.17) is 4.74 Å². The Labute approximate surface area is 137 Å². The van der Waals surface area contributed by atoms with E-state index in [1.54, 1.807) is 0 Å². The highest BCUT2D eigenvalue weighted by Crippen LogP contribution is 2.34. The fourth-order valence-corrected chi connectivity index (χ4v) is 3.42. The minimum Gasteiger partial charge on any atom is -0.391 e. The van der Waals surface area contributed by atoms with Crippen LogP contribution in [0.15, 0.2) is 24.3 Å². The normalized spacial score (nSPS) is 31.0. The number of rotatable bonds is 4. The van der Waals surface area contributed by atoms with Crippen LogP contribution in [0.25, 0.3) is 0 Å². The number of aliphatic hydroxyl groups excluding tert-OH is 1. The van der Waals surface area contributed by atoms with Gasteiger partial charge in [0.05, 0.1) is 18.1 Å². The van der Waals surface area contributed by atoms with E-state index < -0.39 is 0 Å². The number of ether oxygens (including phenoxy) is 1. The highest BCUT2D eigenvalue weighted by Gasteiger charge is 2.34. The zero-order valence-corrected chi connectivity index (χ0v) is 13.6. The summed E-state index contributed by atoms with van der Waals surface area (Å²) in [5, 5.41) is 16.0. The molecule has 3 N–H and O–H groups in total. The molecule has 0 bridgehead atoms. The summed E-state index contributed by atoms with van der Waals surface area (Å²) in [5.41, 5.74) is 2.27. The van der Waals surface area contributed by atoms with Gasteiger partial charge in [0, 0.05) is 32.2 Å². The van der Waals surface area contributed by atoms with Gasteiger partial charge in [-0.1, -0.05) is 29.8 Å². The summed E-state index contributed by atoms with van der Waals surface area (Å²) >= 11 is 0. The second kappa shape index (κ2) is 7.43. The van der Waals surface area contributed by atoms with Crippen LogP contribution in [0.4, 0.5) is 0 Å². The molecule has 2 fully saturated rings. The van der Waals surface area contributed by atoms with Crippen molar-refractivity contribution in [2.75, 3.05) is 26.2 Å². The zero-order valence-electron chi connectivity index (χ0n) is 13.6. The Kier molecular flexibility index (Phi) is 5.30. The smallest absolute Gasteiger partial charge is 0.226 e. The monoisotopic (exact) mass is 318 g/mol. The number of hydrogen-bond donors (Lipinski definition) is 3. The molecule has 5 heteroatoms. The molecular formula is C18H26N2O3. The lowest BCUT2D eigenvalue weighted by atomic mass is 9.88. The molecule has 1 aromatic carbocycles. The number of amides is 1. The molecule has 4 atom stereocenters. The van der Waals surface area contributed by atoms with Crippen LogP contribution in [0.5, 0.6) is 0 Å². The highest BCUT2D eigenvalue weighted by molar-refractivity contribution is 5.79. The molecule has 0 radical (unpaired) electrons. The van der Waals surface area contributed by atoms with E-state index in [2.05, 4.69) is 41.8 Å². The minimum absolute atomic E-state index is 0.0365. The molecule has 126 valence electrons. The van der Waals surface area contributed by atoms with Crippen molar-refractivity contribution in [3.8, 4) is 0 Å². The summed E-state index contributed by atoms with van der Waals surface area (Å²) in [5.74, 6) is -0.0198. The van der Waals surface area contributed by atoms with Gasteiger partial charge in [0.25, 0.3) is 0 Å². The lowest BCUT2D eigenvalue weighted by Crippen LogP contribution is -2.41. The number of carbonyl (C=O) groups is 1. The first kappa shape index (κ1) is 16.4. The molecule has 5 nitrogen and oxygen atoms in total. The summed E-state index contributed by atoms with van der Waals surface area (Å²) in [7, 11) is 0. The summed E-state index contributed by atoms with van der Waals surface area (Å²) in [6, 6.07) is 8.22. The molecule has 1 amide bonds. The topological polar surface area (TPSA) is 70.6 Å². The minimum atomic E-state index is -0.370. The first-order chi connectivity index (χ1) is 11.1. The molecule has 2 heterocycles. The first-order valence-electron chi connectivity index (χ1n) is 8.50. The van der Waals surface area contributed by atoms with Crippen LogP contribution < -0.4 is 10.6 Å². The van der Waals surface area contributed by atoms with Crippen molar-refractivity contribution in [2.24, 2.45) is 11.8 Å². The number of nitrogens with one attached hydrogen (secondary N) is 2. The lowest BCUT2D eigenvalue weighted by molar-refractivity contribution is -0.135. The number of aryl methyl sites for hydroxylation is 1. The van der Waals surface area contributed by atoms with Crippen molar-refractivity contribution in [1.29, 1.82) is 0 Å². The van der Waals surface area contributed by atoms with Crippen molar-refractivity contribution < 1.29 is 14.6 Å². The summed E-state index contributed by atoms with van der Waals surface area (Å²) in [6.45, 7) is 4.64. The van der Waals surface area contributed by atoms with Crippen LogP contribution in [0.2, 0.25) is 0 Å². The Morgan fingerprint density at radius 3 is 2.83 bits per heavy atom. The Balaban J connectivity index is 1.63. The van der Waals surface area contributed by atoms with E-state index in [1.165, 1.54) is 5.56 Å². The van der Waals surface area contributed by atoms with Gasteiger partial charge in [-0.25, -0.2) is 0 Å². The lowest BCUT2D eigenvalue weighted by Gasteiger charge is -2.31. The van der Waals surface area contributed by atoms with Crippen LogP contribution >= 0.6 is 0 Å². The van der Waals surface area contributed by atoms with Crippen molar-refractivity contribution in [3.63, 3.8) is 0 Å². The van der Waals surface area contributed by atoms with E-state index in [0.717, 1.165) is 24.9 Å². The molecule has 1 aromatic rings. The second-order valence-corrected chi connectivity index (χ2v) is 6.68. The molecule has 0 aliphatic carbocycles. The molecule has 2 aliphatic rings. The van der Waals surface area contributed by atoms with Gasteiger partial charge in [0.2, 0.25) is 5.91 Å². The third-order valence-electron chi connectivity index (χ3n) is 4.91. The molecule has 23 heavy (non-hydrogen) atoms. The maximum atomic E-state index is 12.6. The van der Waals surface area contributed by atoms with Gasteiger partial charge in [-0.15, -0.1) is 0 Å². The van der Waals surface area contributed by atoms with Gasteiger partial charge in [0.1, 0.15) is 0 Å². The van der Waals surface area contributed by atoms with Gasteiger partial charge >= 0.3 is 0 Å². The van der Waals surface area contributed by atoms with E-state index in [1.807, 2.05) is 0 Å². The molecule has 2 saturated heterocycles. The fraction of sp³-hybridized carbons (Fsp3) is 0.611. The van der Waals surface area contributed by atoms with Gasteiger partial charge < -0.3 is 20.5 Å². The Bertz CT molecular complexity index is 532. The maximum Gasteiger partial charge on any atom is 0.226 e.